The number of primary amides is 2. The number of anilines is 2. The molecule has 4 amide bonds. The smallest absolute Gasteiger partial charge is 0.336 e. The number of carbonyl (C=O) groups is 2. The number of hydrogen-bond acceptors (Lipinski definition) is 7. The van der Waals surface area contributed by atoms with Crippen LogP contribution in [0.4, 0.5) is 21.4 Å². The predicted octanol–water partition coefficient (Wildman–Crippen LogP) is 0.123. The van der Waals surface area contributed by atoms with E-state index in [2.05, 4.69) is 15.2 Å². The summed E-state index contributed by atoms with van der Waals surface area (Å²) in [5.74, 6) is 10.8. The molecule has 8 N–H and O–H groups in total. The monoisotopic (exact) mass is 377 g/mol. The fraction of sp³-hybridized carbons (Fsp3) is 0.214. The van der Waals surface area contributed by atoms with Gasteiger partial charge in [0.05, 0.1) is 0 Å². The lowest BCUT2D eigenvalue weighted by Gasteiger charge is -2.23. The minimum Gasteiger partial charge on any atom is -0.350 e. The molecule has 3 rings (SSSR count). The highest BCUT2D eigenvalue weighted by Gasteiger charge is 2.50. The van der Waals surface area contributed by atoms with Gasteiger partial charge in [0, 0.05) is 10.4 Å². The van der Waals surface area contributed by atoms with Gasteiger partial charge in [-0.2, -0.15) is 9.99 Å². The third-order valence-electron chi connectivity index (χ3n) is 4.18. The van der Waals surface area contributed by atoms with Crippen LogP contribution in [0.1, 0.15) is 24.1 Å². The molecule has 0 unspecified atom stereocenters. The van der Waals surface area contributed by atoms with Gasteiger partial charge in [-0.3, -0.25) is 0 Å². The Morgan fingerprint density at radius 2 is 1.58 bits per heavy atom. The molecule has 0 bridgehead atoms. The lowest BCUT2D eigenvalue weighted by atomic mass is 9.92. The molecule has 1 aliphatic rings. The van der Waals surface area contributed by atoms with E-state index in [4.69, 9.17) is 34.8 Å². The van der Waals surface area contributed by atoms with E-state index in [9.17, 15) is 9.59 Å². The molecule has 26 heavy (non-hydrogen) atoms. The maximum atomic E-state index is 11.6. The Morgan fingerprint density at radius 3 is 2.08 bits per heavy atom. The summed E-state index contributed by atoms with van der Waals surface area (Å²) in [6.45, 7) is 0. The van der Waals surface area contributed by atoms with Crippen LogP contribution in [-0.4, -0.2) is 27.2 Å². The number of aromatic nitrogens is 3. The van der Waals surface area contributed by atoms with Crippen LogP contribution in [0.25, 0.3) is 0 Å². The molecule has 1 aromatic carbocycles. The molecule has 2 aromatic rings. The summed E-state index contributed by atoms with van der Waals surface area (Å²) in [5, 5.41) is 9.64. The number of urea groups is 2. The van der Waals surface area contributed by atoms with Crippen LogP contribution in [0.15, 0.2) is 24.3 Å². The summed E-state index contributed by atoms with van der Waals surface area (Å²) in [6, 6.07) is 5.21. The molecule has 1 aromatic heterocycles. The van der Waals surface area contributed by atoms with Crippen molar-refractivity contribution in [2.75, 3.05) is 10.0 Å². The van der Waals surface area contributed by atoms with Gasteiger partial charge in [0.1, 0.15) is 5.69 Å². The zero-order valence-electron chi connectivity index (χ0n) is 13.5. The van der Waals surface area contributed by atoms with Crippen LogP contribution >= 0.6 is 11.6 Å². The first-order valence-corrected chi connectivity index (χ1v) is 7.84. The van der Waals surface area contributed by atoms with Crippen molar-refractivity contribution in [2.45, 2.75) is 18.3 Å². The minimum absolute atomic E-state index is 0.0633. The van der Waals surface area contributed by atoms with Crippen LogP contribution in [0.3, 0.4) is 0 Å². The van der Waals surface area contributed by atoms with Gasteiger partial charge in [0.15, 0.2) is 5.82 Å². The molecule has 136 valence electrons. The summed E-state index contributed by atoms with van der Waals surface area (Å²) < 4.78 is 0. The number of rotatable bonds is 4. The number of nitrogens with two attached hydrogens (primary N) is 4. The lowest BCUT2D eigenvalue weighted by molar-refractivity contribution is 0.253. The Hall–Kier alpha value is -3.02. The fourth-order valence-electron chi connectivity index (χ4n) is 2.65. The van der Waals surface area contributed by atoms with Crippen LogP contribution in [0, 0.1) is 0 Å². The van der Waals surface area contributed by atoms with Crippen LogP contribution in [0.2, 0.25) is 5.02 Å². The molecule has 11 nitrogen and oxygen atoms in total. The van der Waals surface area contributed by atoms with E-state index >= 15 is 0 Å². The number of hydrazine groups is 2. The Morgan fingerprint density at radius 1 is 1.00 bits per heavy atom. The Labute approximate surface area is 152 Å². The number of benzene rings is 1. The summed E-state index contributed by atoms with van der Waals surface area (Å²) in [6.07, 6.45) is 1.46. The zero-order chi connectivity index (χ0) is 19.1. The molecule has 1 fully saturated rings. The van der Waals surface area contributed by atoms with E-state index < -0.39 is 17.5 Å². The normalized spacial score (nSPS) is 14.6. The third kappa shape index (κ3) is 2.98. The fourth-order valence-corrected chi connectivity index (χ4v) is 2.77. The second-order valence-electron chi connectivity index (χ2n) is 5.79. The number of carbonyl (C=O) groups excluding carboxylic acids is 2. The number of hydrogen-bond donors (Lipinski definition) is 4. The van der Waals surface area contributed by atoms with Crippen molar-refractivity contribution in [1.29, 1.82) is 0 Å². The van der Waals surface area contributed by atoms with Crippen LogP contribution < -0.4 is 33.2 Å². The summed E-state index contributed by atoms with van der Waals surface area (Å²) in [4.78, 5) is 26.9. The van der Waals surface area contributed by atoms with Crippen molar-refractivity contribution in [3.05, 3.63) is 40.5 Å². The summed E-state index contributed by atoms with van der Waals surface area (Å²) in [5.41, 5.74) is 11.1. The van der Waals surface area contributed by atoms with Gasteiger partial charge in [-0.15, -0.1) is 10.2 Å². The van der Waals surface area contributed by atoms with E-state index in [1.165, 1.54) is 0 Å². The van der Waals surface area contributed by atoms with E-state index in [0.717, 1.165) is 18.4 Å². The number of halogens is 1. The van der Waals surface area contributed by atoms with Gasteiger partial charge in [-0.05, 0) is 30.5 Å². The molecular formula is C14H16ClN9O2. The minimum atomic E-state index is -1.01. The van der Waals surface area contributed by atoms with Gasteiger partial charge in [-0.1, -0.05) is 23.7 Å². The van der Waals surface area contributed by atoms with Crippen molar-refractivity contribution in [3.8, 4) is 0 Å². The molecular weight excluding hydrogens is 362 g/mol. The SMILES string of the molecule is NC(=O)N(N)c1nnc(C2(c3ccc(Cl)cc3)CC2)c(N(N)C(N)=O)n1. The standard InChI is InChI=1S/C14H16ClN9O2/c15-8-3-1-7(2-4-8)14(5-6-14)9-10(23(18)11(16)25)20-13(22-21-9)24(19)12(17)26/h1-4H,5-6,18-19H2,(H2,16,25)(H2,17,26). The van der Waals surface area contributed by atoms with Crippen LogP contribution in [-0.2, 0) is 5.41 Å². The molecule has 12 heteroatoms. The average Bonchev–Trinajstić information content (AvgIpc) is 3.42. The highest BCUT2D eigenvalue weighted by atomic mass is 35.5. The quantitative estimate of drug-likeness (QED) is 0.331. The van der Waals surface area contributed by atoms with Crippen molar-refractivity contribution < 1.29 is 9.59 Å². The molecule has 1 saturated carbocycles. The van der Waals surface area contributed by atoms with Crippen LogP contribution in [0.5, 0.6) is 0 Å². The second kappa shape index (κ2) is 6.37. The summed E-state index contributed by atoms with van der Waals surface area (Å²) in [7, 11) is 0. The molecule has 1 heterocycles. The first kappa shape index (κ1) is 17.8. The highest BCUT2D eigenvalue weighted by Crippen LogP contribution is 2.54. The maximum absolute atomic E-state index is 11.6. The predicted molar refractivity (Wildman–Crippen MR) is 93.8 cm³/mol. The molecule has 0 radical (unpaired) electrons. The van der Waals surface area contributed by atoms with E-state index in [1.54, 1.807) is 12.1 Å². The first-order chi connectivity index (χ1) is 12.3. The topological polar surface area (TPSA) is 183 Å². The largest absolute Gasteiger partial charge is 0.350 e. The molecule has 0 spiro atoms. The van der Waals surface area contributed by atoms with Crippen molar-refractivity contribution in [3.63, 3.8) is 0 Å². The van der Waals surface area contributed by atoms with Gasteiger partial charge >= 0.3 is 12.1 Å². The zero-order valence-corrected chi connectivity index (χ0v) is 14.2. The number of nitrogens with zero attached hydrogens (tertiary/aromatic N) is 5. The van der Waals surface area contributed by atoms with E-state index in [1.807, 2.05) is 12.1 Å². The Kier molecular flexibility index (Phi) is 4.36. The van der Waals surface area contributed by atoms with Gasteiger partial charge < -0.3 is 11.5 Å². The van der Waals surface area contributed by atoms with Gasteiger partial charge in [0.25, 0.3) is 5.95 Å². The highest BCUT2D eigenvalue weighted by molar-refractivity contribution is 6.30. The Bertz CT molecular complexity index is 869. The second-order valence-corrected chi connectivity index (χ2v) is 6.23. The average molecular weight is 378 g/mol. The number of amides is 4. The van der Waals surface area contributed by atoms with Crippen molar-refractivity contribution in [1.82, 2.24) is 15.2 Å². The van der Waals surface area contributed by atoms with E-state index in [0.29, 0.717) is 20.7 Å². The molecule has 0 atom stereocenters. The van der Waals surface area contributed by atoms with Crippen molar-refractivity contribution >= 4 is 35.4 Å². The third-order valence-corrected chi connectivity index (χ3v) is 4.43. The molecule has 1 aliphatic carbocycles. The van der Waals surface area contributed by atoms with Gasteiger partial charge in [-0.25, -0.2) is 26.3 Å². The first-order valence-electron chi connectivity index (χ1n) is 7.46. The Balaban J connectivity index is 2.13. The molecule has 0 aliphatic heterocycles. The lowest BCUT2D eigenvalue weighted by Crippen LogP contribution is -2.46. The van der Waals surface area contributed by atoms with E-state index in [-0.39, 0.29) is 11.8 Å². The summed E-state index contributed by atoms with van der Waals surface area (Å²) >= 11 is 5.94. The molecule has 0 saturated heterocycles. The maximum Gasteiger partial charge on any atom is 0.336 e. The van der Waals surface area contributed by atoms with Crippen molar-refractivity contribution in [2.24, 2.45) is 23.2 Å². The van der Waals surface area contributed by atoms with Gasteiger partial charge in [0.2, 0.25) is 0 Å².